The Labute approximate surface area is 180 Å². The molecule has 1 aliphatic heterocycles. The van der Waals surface area contributed by atoms with Gasteiger partial charge in [0.15, 0.2) is 0 Å². The van der Waals surface area contributed by atoms with Gasteiger partial charge >= 0.3 is 6.18 Å². The number of non-ortho nitro benzene ring substituents is 1. The molecule has 1 fully saturated rings. The molecule has 31 heavy (non-hydrogen) atoms. The number of hydrogen-bond acceptors (Lipinski definition) is 6. The summed E-state index contributed by atoms with van der Waals surface area (Å²) >= 11 is 1.15. The van der Waals surface area contributed by atoms with Crippen molar-refractivity contribution < 1.29 is 27.6 Å². The molecular formula is C20H20F3N3O4S. The third kappa shape index (κ3) is 5.88. The summed E-state index contributed by atoms with van der Waals surface area (Å²) in [6, 6.07) is 9.00. The largest absolute Gasteiger partial charge is 0.416 e. The van der Waals surface area contributed by atoms with Crippen LogP contribution in [0, 0.1) is 10.1 Å². The van der Waals surface area contributed by atoms with Gasteiger partial charge in [0.05, 0.1) is 40.3 Å². The van der Waals surface area contributed by atoms with Crippen LogP contribution in [0.2, 0.25) is 0 Å². The van der Waals surface area contributed by atoms with Crippen LogP contribution in [-0.4, -0.2) is 42.4 Å². The van der Waals surface area contributed by atoms with Gasteiger partial charge in [-0.05, 0) is 37.3 Å². The quantitative estimate of drug-likeness (QED) is 0.390. The second-order valence-electron chi connectivity index (χ2n) is 6.83. The molecule has 166 valence electrons. The standard InChI is InChI=1S/C20H20F3N3O4S/c1-13(31-16-5-3-15(4-6-16)26(28)29)19(27)24-17-12-14(20(21,22)23)2-7-18(17)25-8-10-30-11-9-25/h2-7,12-13H,8-11H2,1H3,(H,24,27). The molecule has 1 atom stereocenters. The molecule has 2 aromatic carbocycles. The Kier molecular flexibility index (Phi) is 7.06. The van der Waals surface area contributed by atoms with Gasteiger partial charge in [-0.2, -0.15) is 13.2 Å². The van der Waals surface area contributed by atoms with Gasteiger partial charge in [0.1, 0.15) is 0 Å². The zero-order valence-corrected chi connectivity index (χ0v) is 17.3. The number of amides is 1. The lowest BCUT2D eigenvalue weighted by Gasteiger charge is -2.31. The van der Waals surface area contributed by atoms with Crippen molar-refractivity contribution in [3.05, 3.63) is 58.1 Å². The molecule has 0 aliphatic carbocycles. The molecule has 1 saturated heterocycles. The molecule has 0 radical (unpaired) electrons. The predicted molar refractivity (Wildman–Crippen MR) is 112 cm³/mol. The first-order valence-corrected chi connectivity index (χ1v) is 10.3. The number of alkyl halides is 3. The van der Waals surface area contributed by atoms with E-state index in [9.17, 15) is 28.1 Å². The van der Waals surface area contributed by atoms with Gasteiger partial charge in [0, 0.05) is 30.1 Å². The van der Waals surface area contributed by atoms with E-state index in [2.05, 4.69) is 5.32 Å². The number of morpholine rings is 1. The van der Waals surface area contributed by atoms with Gasteiger partial charge in [0.2, 0.25) is 5.91 Å². The number of nitrogens with one attached hydrogen (secondary N) is 1. The minimum absolute atomic E-state index is 0.0689. The SMILES string of the molecule is CC(Sc1ccc([N+](=O)[O-])cc1)C(=O)Nc1cc(C(F)(F)F)ccc1N1CCOCC1. The van der Waals surface area contributed by atoms with E-state index < -0.39 is 27.8 Å². The Hall–Kier alpha value is -2.79. The molecule has 1 unspecified atom stereocenters. The van der Waals surface area contributed by atoms with Crippen molar-refractivity contribution in [3.8, 4) is 0 Å². The summed E-state index contributed by atoms with van der Waals surface area (Å²) in [5, 5.41) is 12.7. The van der Waals surface area contributed by atoms with Crippen LogP contribution >= 0.6 is 11.8 Å². The van der Waals surface area contributed by atoms with Gasteiger partial charge < -0.3 is 15.0 Å². The highest BCUT2D eigenvalue weighted by Crippen LogP contribution is 2.36. The predicted octanol–water partition coefficient (Wildman–Crippen LogP) is 4.57. The zero-order chi connectivity index (χ0) is 22.6. The van der Waals surface area contributed by atoms with Crippen molar-refractivity contribution in [1.29, 1.82) is 0 Å². The number of nitrogens with zero attached hydrogens (tertiary/aromatic N) is 2. The van der Waals surface area contributed by atoms with E-state index in [1.165, 1.54) is 30.3 Å². The Bertz CT molecular complexity index is 948. The van der Waals surface area contributed by atoms with E-state index in [0.717, 1.165) is 23.9 Å². The lowest BCUT2D eigenvalue weighted by molar-refractivity contribution is -0.384. The number of halogens is 3. The number of carbonyl (C=O) groups is 1. The smallest absolute Gasteiger partial charge is 0.378 e. The fourth-order valence-corrected chi connectivity index (χ4v) is 3.90. The van der Waals surface area contributed by atoms with Crippen molar-refractivity contribution in [1.82, 2.24) is 0 Å². The van der Waals surface area contributed by atoms with Crippen molar-refractivity contribution in [2.24, 2.45) is 0 Å². The van der Waals surface area contributed by atoms with Gasteiger partial charge in [-0.1, -0.05) is 0 Å². The van der Waals surface area contributed by atoms with Crippen LogP contribution < -0.4 is 10.2 Å². The molecule has 3 rings (SSSR count). The van der Waals surface area contributed by atoms with E-state index in [1.807, 2.05) is 4.90 Å². The van der Waals surface area contributed by atoms with E-state index in [1.54, 1.807) is 6.92 Å². The van der Waals surface area contributed by atoms with E-state index in [0.29, 0.717) is 36.9 Å². The number of nitro groups is 1. The maximum Gasteiger partial charge on any atom is 0.416 e. The topological polar surface area (TPSA) is 84.7 Å². The highest BCUT2D eigenvalue weighted by Gasteiger charge is 2.32. The molecule has 11 heteroatoms. The molecule has 0 bridgehead atoms. The van der Waals surface area contributed by atoms with Crippen LogP contribution in [0.3, 0.4) is 0 Å². The number of rotatable bonds is 6. The molecule has 1 aliphatic rings. The van der Waals surface area contributed by atoms with Crippen LogP contribution in [0.15, 0.2) is 47.4 Å². The molecular weight excluding hydrogens is 435 g/mol. The molecule has 1 heterocycles. The number of anilines is 2. The van der Waals surface area contributed by atoms with E-state index >= 15 is 0 Å². The van der Waals surface area contributed by atoms with Crippen molar-refractivity contribution in [3.63, 3.8) is 0 Å². The molecule has 0 spiro atoms. The maximum absolute atomic E-state index is 13.2. The van der Waals surface area contributed by atoms with Gasteiger partial charge in [-0.3, -0.25) is 14.9 Å². The van der Waals surface area contributed by atoms with Crippen molar-refractivity contribution >= 4 is 34.7 Å². The summed E-state index contributed by atoms with van der Waals surface area (Å²) in [5.41, 5.74) is -0.342. The van der Waals surface area contributed by atoms with Crippen molar-refractivity contribution in [2.75, 3.05) is 36.5 Å². The van der Waals surface area contributed by atoms with Gasteiger partial charge in [0.25, 0.3) is 5.69 Å². The number of ether oxygens (including phenoxy) is 1. The number of carbonyl (C=O) groups excluding carboxylic acids is 1. The number of hydrogen-bond donors (Lipinski definition) is 1. The number of thioether (sulfide) groups is 1. The van der Waals surface area contributed by atoms with Gasteiger partial charge in [-0.25, -0.2) is 0 Å². The summed E-state index contributed by atoms with van der Waals surface area (Å²) in [5.74, 6) is -0.475. The first kappa shape index (κ1) is 22.9. The normalized spacial score (nSPS) is 15.4. The van der Waals surface area contributed by atoms with E-state index in [-0.39, 0.29) is 11.4 Å². The molecule has 1 N–H and O–H groups in total. The minimum atomic E-state index is -4.54. The van der Waals surface area contributed by atoms with Crippen LogP contribution in [0.25, 0.3) is 0 Å². The first-order valence-electron chi connectivity index (χ1n) is 9.41. The summed E-state index contributed by atoms with van der Waals surface area (Å²) in [6.45, 7) is 3.51. The monoisotopic (exact) mass is 455 g/mol. The fraction of sp³-hybridized carbons (Fsp3) is 0.350. The first-order chi connectivity index (χ1) is 14.6. The Morgan fingerprint density at radius 2 is 1.84 bits per heavy atom. The fourth-order valence-electron chi connectivity index (χ4n) is 3.03. The Morgan fingerprint density at radius 3 is 2.42 bits per heavy atom. The third-order valence-corrected chi connectivity index (χ3v) is 5.78. The average Bonchev–Trinajstić information content (AvgIpc) is 2.74. The molecule has 0 aromatic heterocycles. The maximum atomic E-state index is 13.2. The zero-order valence-electron chi connectivity index (χ0n) is 16.5. The van der Waals surface area contributed by atoms with Crippen LogP contribution in [0.4, 0.5) is 30.2 Å². The minimum Gasteiger partial charge on any atom is -0.378 e. The summed E-state index contributed by atoms with van der Waals surface area (Å²) in [4.78, 5) is 25.4. The highest BCUT2D eigenvalue weighted by atomic mass is 32.2. The second-order valence-corrected chi connectivity index (χ2v) is 8.24. The van der Waals surface area contributed by atoms with E-state index in [4.69, 9.17) is 4.74 Å². The second kappa shape index (κ2) is 9.56. The lowest BCUT2D eigenvalue weighted by atomic mass is 10.1. The van der Waals surface area contributed by atoms with Crippen LogP contribution in [-0.2, 0) is 15.7 Å². The Balaban J connectivity index is 1.78. The summed E-state index contributed by atoms with van der Waals surface area (Å²) in [7, 11) is 0. The van der Waals surface area contributed by atoms with Crippen molar-refractivity contribution in [2.45, 2.75) is 23.2 Å². The molecule has 2 aromatic rings. The molecule has 1 amide bonds. The third-order valence-electron chi connectivity index (χ3n) is 4.66. The average molecular weight is 455 g/mol. The summed E-state index contributed by atoms with van der Waals surface area (Å²) < 4.78 is 44.9. The van der Waals surface area contributed by atoms with Crippen LogP contribution in [0.1, 0.15) is 12.5 Å². The van der Waals surface area contributed by atoms with Crippen LogP contribution in [0.5, 0.6) is 0 Å². The molecule has 7 nitrogen and oxygen atoms in total. The molecule has 0 saturated carbocycles. The van der Waals surface area contributed by atoms with Gasteiger partial charge in [-0.15, -0.1) is 11.8 Å². The number of nitro benzene ring substituents is 1. The number of benzene rings is 2. The highest BCUT2D eigenvalue weighted by molar-refractivity contribution is 8.00. The Morgan fingerprint density at radius 1 is 1.19 bits per heavy atom. The summed E-state index contributed by atoms with van der Waals surface area (Å²) in [6.07, 6.45) is -4.54. The lowest BCUT2D eigenvalue weighted by Crippen LogP contribution is -2.37.